The molecule has 18 heavy (non-hydrogen) atoms. The van der Waals surface area contributed by atoms with Crippen molar-refractivity contribution in [2.24, 2.45) is 5.92 Å². The number of benzene rings is 1. The average molecular weight is 324 g/mol. The summed E-state index contributed by atoms with van der Waals surface area (Å²) in [6.07, 6.45) is 0.104. The molecule has 1 heterocycles. The van der Waals surface area contributed by atoms with Gasteiger partial charge in [0.25, 0.3) is 0 Å². The molecule has 0 aliphatic carbocycles. The molecule has 98 valence electrons. The molecule has 2 atom stereocenters. The van der Waals surface area contributed by atoms with E-state index in [1.165, 1.54) is 0 Å². The van der Waals surface area contributed by atoms with Gasteiger partial charge in [-0.2, -0.15) is 0 Å². The van der Waals surface area contributed by atoms with E-state index in [1.54, 1.807) is 0 Å². The van der Waals surface area contributed by atoms with E-state index in [0.717, 1.165) is 6.07 Å². The molecule has 1 aromatic rings. The molecule has 1 saturated heterocycles. The molecule has 0 radical (unpaired) electrons. The molecular weight excluding hydrogens is 315 g/mol. The van der Waals surface area contributed by atoms with Gasteiger partial charge in [-0.05, 0) is 28.4 Å². The van der Waals surface area contributed by atoms with E-state index < -0.39 is 39.9 Å². The molecule has 1 aromatic carbocycles. The molecule has 0 aromatic heterocycles. The van der Waals surface area contributed by atoms with Gasteiger partial charge >= 0.3 is 5.97 Å². The minimum absolute atomic E-state index is 0.104. The Bertz CT molecular complexity index is 510. The van der Waals surface area contributed by atoms with Crippen LogP contribution in [0, 0.1) is 23.4 Å². The van der Waals surface area contributed by atoms with Gasteiger partial charge in [-0.3, -0.25) is 4.79 Å². The Labute approximate surface area is 109 Å². The summed E-state index contributed by atoms with van der Waals surface area (Å²) >= 11 is 2.60. The molecule has 1 aliphatic rings. The van der Waals surface area contributed by atoms with Crippen molar-refractivity contribution in [3.63, 3.8) is 0 Å². The third-order valence-electron chi connectivity index (χ3n) is 2.99. The molecule has 7 heteroatoms. The Kier molecular flexibility index (Phi) is 3.63. The normalized spacial score (nSPS) is 23.3. The number of halogens is 4. The fourth-order valence-corrected chi connectivity index (χ4v) is 2.29. The highest BCUT2D eigenvalue weighted by Crippen LogP contribution is 2.33. The summed E-state index contributed by atoms with van der Waals surface area (Å²) < 4.78 is 39.8. The standard InChI is InChI=1S/C11H9BrF3NO2/c12-8-6(13)2-5(9(14)10(8)15)7-1-4(3-16-7)11(17)18/h2,4,7,16H,1,3H2,(H,17,18). The van der Waals surface area contributed by atoms with Gasteiger partial charge in [0, 0.05) is 18.2 Å². The minimum Gasteiger partial charge on any atom is -0.481 e. The van der Waals surface area contributed by atoms with Gasteiger partial charge in [0.15, 0.2) is 11.6 Å². The van der Waals surface area contributed by atoms with Crippen LogP contribution in [0.4, 0.5) is 13.2 Å². The SMILES string of the molecule is O=C(O)C1CNC(c2cc(F)c(Br)c(F)c2F)C1. The van der Waals surface area contributed by atoms with Crippen molar-refractivity contribution in [3.8, 4) is 0 Å². The van der Waals surface area contributed by atoms with Gasteiger partial charge in [0.2, 0.25) is 0 Å². The lowest BCUT2D eigenvalue weighted by Gasteiger charge is -2.13. The molecule has 2 rings (SSSR count). The first kappa shape index (κ1) is 13.4. The molecule has 1 aliphatic heterocycles. The van der Waals surface area contributed by atoms with Crippen molar-refractivity contribution in [1.82, 2.24) is 5.32 Å². The van der Waals surface area contributed by atoms with Crippen LogP contribution in [0.1, 0.15) is 18.0 Å². The van der Waals surface area contributed by atoms with E-state index in [4.69, 9.17) is 5.11 Å². The Morgan fingerprint density at radius 3 is 2.61 bits per heavy atom. The first-order chi connectivity index (χ1) is 8.41. The monoisotopic (exact) mass is 323 g/mol. The molecule has 2 N–H and O–H groups in total. The van der Waals surface area contributed by atoms with Crippen molar-refractivity contribution >= 4 is 21.9 Å². The van der Waals surface area contributed by atoms with Crippen LogP contribution >= 0.6 is 15.9 Å². The third kappa shape index (κ3) is 2.24. The van der Waals surface area contributed by atoms with Gasteiger partial charge in [0.05, 0.1) is 10.4 Å². The Morgan fingerprint density at radius 2 is 2.06 bits per heavy atom. The lowest BCUT2D eigenvalue weighted by atomic mass is 9.99. The highest BCUT2D eigenvalue weighted by Gasteiger charge is 2.33. The van der Waals surface area contributed by atoms with Gasteiger partial charge < -0.3 is 10.4 Å². The zero-order valence-electron chi connectivity index (χ0n) is 9.01. The molecule has 2 unspecified atom stereocenters. The van der Waals surface area contributed by atoms with Gasteiger partial charge in [-0.1, -0.05) is 0 Å². The van der Waals surface area contributed by atoms with E-state index in [-0.39, 0.29) is 18.5 Å². The van der Waals surface area contributed by atoms with Crippen molar-refractivity contribution in [3.05, 3.63) is 33.6 Å². The first-order valence-corrected chi connectivity index (χ1v) is 6.00. The summed E-state index contributed by atoms with van der Waals surface area (Å²) in [5.74, 6) is -5.06. The maximum absolute atomic E-state index is 13.7. The second-order valence-corrected chi connectivity index (χ2v) is 4.91. The molecule has 0 bridgehead atoms. The van der Waals surface area contributed by atoms with Crippen LogP contribution in [0.25, 0.3) is 0 Å². The highest BCUT2D eigenvalue weighted by molar-refractivity contribution is 9.10. The molecule has 1 fully saturated rings. The summed E-state index contributed by atoms with van der Waals surface area (Å²) in [7, 11) is 0. The predicted molar refractivity (Wildman–Crippen MR) is 60.5 cm³/mol. The van der Waals surface area contributed by atoms with E-state index in [0.29, 0.717) is 0 Å². The maximum Gasteiger partial charge on any atom is 0.307 e. The van der Waals surface area contributed by atoms with Crippen LogP contribution in [0.15, 0.2) is 10.5 Å². The number of aliphatic carboxylic acids is 1. The fourth-order valence-electron chi connectivity index (χ4n) is 2.01. The fraction of sp³-hybridized carbons (Fsp3) is 0.364. The van der Waals surface area contributed by atoms with E-state index in [1.807, 2.05) is 0 Å². The molecule has 0 spiro atoms. The molecule has 0 amide bonds. The van der Waals surface area contributed by atoms with Crippen molar-refractivity contribution in [1.29, 1.82) is 0 Å². The van der Waals surface area contributed by atoms with Gasteiger partial charge in [-0.15, -0.1) is 0 Å². The predicted octanol–water partition coefficient (Wildman–Crippen LogP) is 2.60. The maximum atomic E-state index is 13.7. The van der Waals surface area contributed by atoms with E-state index in [9.17, 15) is 18.0 Å². The summed E-state index contributed by atoms with van der Waals surface area (Å²) in [6, 6.07) is 0.188. The first-order valence-electron chi connectivity index (χ1n) is 5.21. The van der Waals surface area contributed by atoms with Crippen molar-refractivity contribution in [2.75, 3.05) is 6.54 Å². The zero-order chi connectivity index (χ0) is 13.4. The molecule has 0 saturated carbocycles. The lowest BCUT2D eigenvalue weighted by Crippen LogP contribution is -2.18. The quantitative estimate of drug-likeness (QED) is 0.649. The zero-order valence-corrected chi connectivity index (χ0v) is 10.6. The largest absolute Gasteiger partial charge is 0.481 e. The van der Waals surface area contributed by atoms with Crippen molar-refractivity contribution < 1.29 is 23.1 Å². The molecular formula is C11H9BrF3NO2. The van der Waals surface area contributed by atoms with E-state index in [2.05, 4.69) is 21.2 Å². The topological polar surface area (TPSA) is 49.3 Å². The van der Waals surface area contributed by atoms with Crippen LogP contribution in [0.2, 0.25) is 0 Å². The minimum atomic E-state index is -1.30. The smallest absolute Gasteiger partial charge is 0.307 e. The Morgan fingerprint density at radius 1 is 1.39 bits per heavy atom. The number of rotatable bonds is 2. The molecule has 3 nitrogen and oxygen atoms in total. The number of carbonyl (C=O) groups is 1. The van der Waals surface area contributed by atoms with Crippen LogP contribution in [-0.2, 0) is 4.79 Å². The second-order valence-electron chi connectivity index (χ2n) is 4.12. The highest BCUT2D eigenvalue weighted by atomic mass is 79.9. The van der Waals surface area contributed by atoms with Gasteiger partial charge in [-0.25, -0.2) is 13.2 Å². The Balaban J connectivity index is 2.33. The lowest BCUT2D eigenvalue weighted by molar-refractivity contribution is -0.141. The summed E-state index contributed by atoms with van der Waals surface area (Å²) in [4.78, 5) is 10.8. The van der Waals surface area contributed by atoms with Gasteiger partial charge in [0.1, 0.15) is 5.82 Å². The average Bonchev–Trinajstić information content (AvgIpc) is 2.80. The van der Waals surface area contributed by atoms with Crippen LogP contribution < -0.4 is 5.32 Å². The number of hydrogen-bond acceptors (Lipinski definition) is 2. The van der Waals surface area contributed by atoms with Crippen LogP contribution in [0.3, 0.4) is 0 Å². The third-order valence-corrected chi connectivity index (χ3v) is 3.71. The van der Waals surface area contributed by atoms with E-state index >= 15 is 0 Å². The van der Waals surface area contributed by atoms with Crippen molar-refractivity contribution in [2.45, 2.75) is 12.5 Å². The summed E-state index contributed by atoms with van der Waals surface area (Å²) in [5, 5.41) is 11.6. The summed E-state index contributed by atoms with van der Waals surface area (Å²) in [6.45, 7) is 0.152. The number of hydrogen-bond donors (Lipinski definition) is 2. The second kappa shape index (κ2) is 4.89. The van der Waals surface area contributed by atoms with Crippen LogP contribution in [0.5, 0.6) is 0 Å². The Hall–Kier alpha value is -1.08. The summed E-state index contributed by atoms with van der Waals surface area (Å²) in [5.41, 5.74) is -0.183. The number of carboxylic acids is 1. The van der Waals surface area contributed by atoms with Crippen LogP contribution in [-0.4, -0.2) is 17.6 Å². The number of carboxylic acid groups (broad SMARTS) is 1. The number of nitrogens with one attached hydrogen (secondary N) is 1.